The smallest absolute Gasteiger partial charge is 0.252 e. The summed E-state index contributed by atoms with van der Waals surface area (Å²) in [6.45, 7) is 3.70. The highest BCUT2D eigenvalue weighted by Crippen LogP contribution is 2.32. The number of nitrogens with one attached hydrogen (secondary N) is 2. The van der Waals surface area contributed by atoms with Crippen molar-refractivity contribution in [3.63, 3.8) is 0 Å². The van der Waals surface area contributed by atoms with Gasteiger partial charge in [0.05, 0.1) is 22.3 Å². The van der Waals surface area contributed by atoms with Gasteiger partial charge in [0.1, 0.15) is 11.9 Å². The average Bonchev–Trinajstić information content (AvgIpc) is 3.23. The van der Waals surface area contributed by atoms with Crippen molar-refractivity contribution in [2.45, 2.75) is 19.4 Å². The third-order valence-electron chi connectivity index (χ3n) is 4.71. The largest absolute Gasteiger partial charge is 0.489 e. The van der Waals surface area contributed by atoms with Crippen LogP contribution in [-0.4, -0.2) is 39.9 Å². The molecule has 8 nitrogen and oxygen atoms in total. The van der Waals surface area contributed by atoms with Gasteiger partial charge in [0.15, 0.2) is 5.65 Å². The van der Waals surface area contributed by atoms with E-state index in [0.29, 0.717) is 16.9 Å². The Kier molecular flexibility index (Phi) is 4.41. The molecule has 0 bridgehead atoms. The third-order valence-corrected chi connectivity index (χ3v) is 4.71. The number of nitrogens with zero attached hydrogens (tertiary/aromatic N) is 3. The van der Waals surface area contributed by atoms with Crippen LogP contribution in [0.15, 0.2) is 30.5 Å². The van der Waals surface area contributed by atoms with Gasteiger partial charge in [0.2, 0.25) is 0 Å². The Balaban J connectivity index is 1.72. The van der Waals surface area contributed by atoms with E-state index in [1.54, 1.807) is 4.68 Å². The SMILES string of the molecule is Cc1nn(C)c2ncc(C(N)=O)c(Nc3cccc(O[C@H]4CCNC4)c3)c12. The molecule has 3 aromatic rings. The van der Waals surface area contributed by atoms with E-state index in [9.17, 15) is 4.79 Å². The van der Waals surface area contributed by atoms with Crippen molar-refractivity contribution in [2.75, 3.05) is 18.4 Å². The number of carbonyl (C=O) groups is 1. The molecule has 1 atom stereocenters. The number of carbonyl (C=O) groups excluding carboxylic acids is 1. The van der Waals surface area contributed by atoms with Crippen LogP contribution in [0.3, 0.4) is 0 Å². The first-order valence-corrected chi connectivity index (χ1v) is 8.89. The number of anilines is 2. The Labute approximate surface area is 156 Å². The Bertz CT molecular complexity index is 1010. The van der Waals surface area contributed by atoms with Gasteiger partial charge in [-0.1, -0.05) is 6.07 Å². The molecule has 2 aromatic heterocycles. The standard InChI is InChI=1S/C19H22N6O2/c1-11-16-17(15(18(20)26)10-22-19(16)25(2)24-11)23-12-4-3-5-13(8-12)27-14-6-7-21-9-14/h3-5,8,10,14,21H,6-7,9H2,1-2H3,(H2,20,26)(H,22,23)/t14-/m0/s1. The third kappa shape index (κ3) is 3.31. The molecule has 0 radical (unpaired) electrons. The maximum absolute atomic E-state index is 12.0. The number of nitrogens with two attached hydrogens (primary N) is 1. The predicted octanol–water partition coefficient (Wildman–Crippen LogP) is 1.86. The van der Waals surface area contributed by atoms with Crippen molar-refractivity contribution in [3.05, 3.63) is 41.7 Å². The molecule has 4 rings (SSSR count). The van der Waals surface area contributed by atoms with Crippen molar-refractivity contribution in [3.8, 4) is 5.75 Å². The number of aryl methyl sites for hydroxylation is 2. The quantitative estimate of drug-likeness (QED) is 0.636. The number of rotatable bonds is 5. The Morgan fingerprint density at radius 2 is 2.30 bits per heavy atom. The zero-order chi connectivity index (χ0) is 19.0. The second kappa shape index (κ2) is 6.88. The number of aromatic nitrogens is 3. The summed E-state index contributed by atoms with van der Waals surface area (Å²) in [4.78, 5) is 16.3. The van der Waals surface area contributed by atoms with Crippen molar-refractivity contribution in [1.29, 1.82) is 0 Å². The lowest BCUT2D eigenvalue weighted by atomic mass is 10.1. The van der Waals surface area contributed by atoms with Crippen LogP contribution in [0.25, 0.3) is 11.0 Å². The summed E-state index contributed by atoms with van der Waals surface area (Å²) in [5.74, 6) is 0.238. The number of pyridine rings is 1. The van der Waals surface area contributed by atoms with Gasteiger partial charge in [-0.05, 0) is 32.0 Å². The van der Waals surface area contributed by atoms with Gasteiger partial charge in [-0.25, -0.2) is 4.98 Å². The van der Waals surface area contributed by atoms with E-state index in [1.165, 1.54) is 6.20 Å². The fourth-order valence-corrected chi connectivity index (χ4v) is 3.44. The van der Waals surface area contributed by atoms with Crippen molar-refractivity contribution in [1.82, 2.24) is 20.1 Å². The summed E-state index contributed by atoms with van der Waals surface area (Å²) in [5, 5.41) is 11.8. The Morgan fingerprint density at radius 1 is 1.44 bits per heavy atom. The van der Waals surface area contributed by atoms with E-state index in [0.717, 1.165) is 42.0 Å². The minimum atomic E-state index is -0.542. The fraction of sp³-hybridized carbons (Fsp3) is 0.316. The lowest BCUT2D eigenvalue weighted by Gasteiger charge is -2.15. The van der Waals surface area contributed by atoms with Gasteiger partial charge in [-0.15, -0.1) is 0 Å². The summed E-state index contributed by atoms with van der Waals surface area (Å²) in [5.41, 5.74) is 8.77. The van der Waals surface area contributed by atoms with Crippen LogP contribution in [0.4, 0.5) is 11.4 Å². The lowest BCUT2D eigenvalue weighted by molar-refractivity contribution is 0.100. The minimum Gasteiger partial charge on any atom is -0.489 e. The van der Waals surface area contributed by atoms with Crippen molar-refractivity contribution in [2.24, 2.45) is 12.8 Å². The molecule has 1 aromatic carbocycles. The van der Waals surface area contributed by atoms with Crippen molar-refractivity contribution >= 4 is 28.3 Å². The highest BCUT2D eigenvalue weighted by Gasteiger charge is 2.19. The van der Waals surface area contributed by atoms with E-state index in [4.69, 9.17) is 10.5 Å². The van der Waals surface area contributed by atoms with Gasteiger partial charge >= 0.3 is 0 Å². The zero-order valence-electron chi connectivity index (χ0n) is 15.3. The summed E-state index contributed by atoms with van der Waals surface area (Å²) in [6, 6.07) is 7.68. The van der Waals surface area contributed by atoms with E-state index in [2.05, 4.69) is 20.7 Å². The average molecular weight is 366 g/mol. The number of benzene rings is 1. The van der Waals surface area contributed by atoms with Crippen LogP contribution >= 0.6 is 0 Å². The first-order chi connectivity index (χ1) is 13.0. The van der Waals surface area contributed by atoms with Crippen LogP contribution in [0, 0.1) is 6.92 Å². The van der Waals surface area contributed by atoms with Crippen LogP contribution in [-0.2, 0) is 7.05 Å². The topological polar surface area (TPSA) is 107 Å². The number of amides is 1. The molecular weight excluding hydrogens is 344 g/mol. The zero-order valence-corrected chi connectivity index (χ0v) is 15.3. The lowest BCUT2D eigenvalue weighted by Crippen LogP contribution is -2.19. The van der Waals surface area contributed by atoms with Crippen molar-refractivity contribution < 1.29 is 9.53 Å². The molecule has 0 unspecified atom stereocenters. The molecule has 4 N–H and O–H groups in total. The Hall–Kier alpha value is -3.13. The minimum absolute atomic E-state index is 0.176. The normalized spacial score (nSPS) is 16.6. The molecule has 0 aliphatic carbocycles. The highest BCUT2D eigenvalue weighted by molar-refractivity contribution is 6.07. The summed E-state index contributed by atoms with van der Waals surface area (Å²) < 4.78 is 7.71. The summed E-state index contributed by atoms with van der Waals surface area (Å²) in [7, 11) is 1.82. The van der Waals surface area contributed by atoms with Gasteiger partial charge in [0.25, 0.3) is 5.91 Å². The van der Waals surface area contributed by atoms with E-state index < -0.39 is 5.91 Å². The summed E-state index contributed by atoms with van der Waals surface area (Å²) >= 11 is 0. The molecule has 8 heteroatoms. The second-order valence-corrected chi connectivity index (χ2v) is 6.70. The molecule has 3 heterocycles. The first-order valence-electron chi connectivity index (χ1n) is 8.89. The number of hydrogen-bond donors (Lipinski definition) is 3. The molecule has 27 heavy (non-hydrogen) atoms. The van der Waals surface area contributed by atoms with Crippen LogP contribution in [0.5, 0.6) is 5.75 Å². The van der Waals surface area contributed by atoms with E-state index >= 15 is 0 Å². The molecule has 1 aliphatic heterocycles. The molecule has 1 fully saturated rings. The molecule has 1 saturated heterocycles. The highest BCUT2D eigenvalue weighted by atomic mass is 16.5. The maximum Gasteiger partial charge on any atom is 0.252 e. The maximum atomic E-state index is 12.0. The van der Waals surface area contributed by atoms with Gasteiger partial charge in [0, 0.05) is 31.5 Å². The van der Waals surface area contributed by atoms with E-state index in [1.807, 2.05) is 38.2 Å². The fourth-order valence-electron chi connectivity index (χ4n) is 3.44. The van der Waals surface area contributed by atoms with Crippen LogP contribution in [0.2, 0.25) is 0 Å². The Morgan fingerprint density at radius 3 is 3.04 bits per heavy atom. The first kappa shape index (κ1) is 17.3. The molecular formula is C19H22N6O2. The van der Waals surface area contributed by atoms with Crippen LogP contribution in [0.1, 0.15) is 22.5 Å². The number of fused-ring (bicyclic) bond motifs is 1. The number of ether oxygens (including phenoxy) is 1. The van der Waals surface area contributed by atoms with Gasteiger partial charge in [-0.3, -0.25) is 9.48 Å². The number of hydrogen-bond acceptors (Lipinski definition) is 6. The van der Waals surface area contributed by atoms with Gasteiger partial charge < -0.3 is 21.1 Å². The van der Waals surface area contributed by atoms with Gasteiger partial charge in [-0.2, -0.15) is 5.10 Å². The molecule has 1 amide bonds. The molecule has 0 saturated carbocycles. The molecule has 0 spiro atoms. The molecule has 1 aliphatic rings. The second-order valence-electron chi connectivity index (χ2n) is 6.70. The number of primary amides is 1. The van der Waals surface area contributed by atoms with E-state index in [-0.39, 0.29) is 6.10 Å². The summed E-state index contributed by atoms with van der Waals surface area (Å²) in [6.07, 6.45) is 2.65. The molecule has 140 valence electrons. The monoisotopic (exact) mass is 366 g/mol. The van der Waals surface area contributed by atoms with Crippen LogP contribution < -0.4 is 21.1 Å². The predicted molar refractivity (Wildman–Crippen MR) is 103 cm³/mol.